The van der Waals surface area contributed by atoms with Crippen molar-refractivity contribution in [1.82, 2.24) is 0 Å². The molecule has 0 atom stereocenters. The van der Waals surface area contributed by atoms with Gasteiger partial charge in [0, 0.05) is 5.56 Å². The van der Waals surface area contributed by atoms with Crippen molar-refractivity contribution >= 4 is 21.9 Å². The Morgan fingerprint density at radius 3 is 2.83 bits per heavy atom. The highest BCUT2D eigenvalue weighted by Gasteiger charge is 2.15. The molecule has 0 aromatic carbocycles. The Balaban J connectivity index is 2.87. The Morgan fingerprint density at radius 1 is 1.75 bits per heavy atom. The van der Waals surface area contributed by atoms with Gasteiger partial charge in [0.1, 0.15) is 0 Å². The van der Waals surface area contributed by atoms with Crippen molar-refractivity contribution in [2.24, 2.45) is 0 Å². The van der Waals surface area contributed by atoms with Crippen molar-refractivity contribution in [3.8, 4) is 0 Å². The number of esters is 1. The van der Waals surface area contributed by atoms with Crippen molar-refractivity contribution in [2.45, 2.75) is 13.8 Å². The van der Waals surface area contributed by atoms with E-state index in [0.717, 1.165) is 5.56 Å². The van der Waals surface area contributed by atoms with Gasteiger partial charge in [0.25, 0.3) is 0 Å². The van der Waals surface area contributed by atoms with Gasteiger partial charge in [-0.1, -0.05) is 0 Å². The van der Waals surface area contributed by atoms with Crippen LogP contribution in [-0.4, -0.2) is 12.6 Å². The molecule has 0 saturated carbocycles. The third-order valence-corrected chi connectivity index (χ3v) is 1.74. The topological polar surface area (TPSA) is 39.4 Å². The van der Waals surface area contributed by atoms with E-state index >= 15 is 0 Å². The number of carbonyl (C=O) groups excluding carboxylic acids is 1. The van der Waals surface area contributed by atoms with E-state index in [1.54, 1.807) is 19.9 Å². The van der Waals surface area contributed by atoms with Gasteiger partial charge in [-0.25, -0.2) is 4.79 Å². The number of hydrogen-bond donors (Lipinski definition) is 0. The summed E-state index contributed by atoms with van der Waals surface area (Å²) in [7, 11) is 0. The Bertz CT molecular complexity index is 290. The van der Waals surface area contributed by atoms with Crippen LogP contribution in [0.4, 0.5) is 0 Å². The van der Waals surface area contributed by atoms with E-state index in [1.165, 1.54) is 0 Å². The Morgan fingerprint density at radius 2 is 2.42 bits per heavy atom. The second kappa shape index (κ2) is 3.76. The third-order valence-electron chi connectivity index (χ3n) is 1.35. The van der Waals surface area contributed by atoms with Crippen LogP contribution in [0.15, 0.2) is 15.2 Å². The van der Waals surface area contributed by atoms with Crippen molar-refractivity contribution in [2.75, 3.05) is 6.61 Å². The molecule has 0 unspecified atom stereocenters. The fraction of sp³-hybridized carbons (Fsp3) is 0.375. The molecule has 0 amide bonds. The molecule has 0 saturated heterocycles. The van der Waals surface area contributed by atoms with E-state index in [9.17, 15) is 4.79 Å². The van der Waals surface area contributed by atoms with Crippen LogP contribution in [0.1, 0.15) is 23.0 Å². The summed E-state index contributed by atoms with van der Waals surface area (Å²) >= 11 is 3.13. The second-order valence-corrected chi connectivity index (χ2v) is 3.06. The predicted octanol–water partition coefficient (Wildman–Crippen LogP) is 2.53. The van der Waals surface area contributed by atoms with E-state index in [2.05, 4.69) is 15.9 Å². The highest BCUT2D eigenvalue weighted by atomic mass is 79.9. The average molecular weight is 233 g/mol. The molecule has 0 N–H and O–H groups in total. The van der Waals surface area contributed by atoms with Crippen molar-refractivity contribution < 1.29 is 13.9 Å². The number of hydrogen-bond acceptors (Lipinski definition) is 3. The zero-order chi connectivity index (χ0) is 9.14. The summed E-state index contributed by atoms with van der Waals surface area (Å²) in [6.07, 6.45) is 0. The van der Waals surface area contributed by atoms with E-state index in [1.807, 2.05) is 0 Å². The number of aryl methyl sites for hydroxylation is 1. The molecule has 0 aliphatic carbocycles. The number of furan rings is 1. The van der Waals surface area contributed by atoms with Crippen molar-refractivity contribution in [1.29, 1.82) is 0 Å². The van der Waals surface area contributed by atoms with Gasteiger partial charge in [-0.2, -0.15) is 0 Å². The van der Waals surface area contributed by atoms with Crippen molar-refractivity contribution in [3.63, 3.8) is 0 Å². The van der Waals surface area contributed by atoms with E-state index in [4.69, 9.17) is 9.15 Å². The zero-order valence-corrected chi connectivity index (χ0v) is 8.47. The Kier molecular flexibility index (Phi) is 2.92. The lowest BCUT2D eigenvalue weighted by molar-refractivity contribution is 0.0487. The van der Waals surface area contributed by atoms with Crippen LogP contribution in [0.25, 0.3) is 0 Å². The molecule has 4 heteroatoms. The first-order valence-corrected chi connectivity index (χ1v) is 4.37. The lowest BCUT2D eigenvalue weighted by Crippen LogP contribution is -2.04. The van der Waals surface area contributed by atoms with Gasteiger partial charge >= 0.3 is 5.97 Å². The lowest BCUT2D eigenvalue weighted by Gasteiger charge is -1.97. The fourth-order valence-corrected chi connectivity index (χ4v) is 1.35. The summed E-state index contributed by atoms with van der Waals surface area (Å²) in [6, 6.07) is 1.73. The fourth-order valence-electron chi connectivity index (χ4n) is 0.843. The SMILES string of the molecule is CCOC(=O)c1oc(Br)cc1C. The van der Waals surface area contributed by atoms with Gasteiger partial charge in [-0.3, -0.25) is 0 Å². The summed E-state index contributed by atoms with van der Waals surface area (Å²) in [5.74, 6) is -0.149. The minimum atomic E-state index is -0.416. The minimum Gasteiger partial charge on any atom is -0.460 e. The highest BCUT2D eigenvalue weighted by molar-refractivity contribution is 9.10. The highest BCUT2D eigenvalue weighted by Crippen LogP contribution is 2.19. The van der Waals surface area contributed by atoms with E-state index in [-0.39, 0.29) is 5.76 Å². The van der Waals surface area contributed by atoms with Crippen LogP contribution in [0.2, 0.25) is 0 Å². The molecule has 1 heterocycles. The first-order chi connectivity index (χ1) is 5.65. The monoisotopic (exact) mass is 232 g/mol. The molecular weight excluding hydrogens is 224 g/mol. The van der Waals surface area contributed by atoms with Gasteiger partial charge in [-0.05, 0) is 35.8 Å². The lowest BCUT2D eigenvalue weighted by atomic mass is 10.3. The molecule has 0 fully saturated rings. The minimum absolute atomic E-state index is 0.267. The summed E-state index contributed by atoms with van der Waals surface area (Å²) in [5.41, 5.74) is 0.778. The normalized spacial score (nSPS) is 9.92. The number of carbonyl (C=O) groups is 1. The van der Waals surface area contributed by atoms with Crippen LogP contribution in [0.5, 0.6) is 0 Å². The Hall–Kier alpha value is -0.770. The molecule has 0 aliphatic rings. The van der Waals surface area contributed by atoms with Gasteiger partial charge in [0.15, 0.2) is 4.67 Å². The first-order valence-electron chi connectivity index (χ1n) is 3.58. The number of ether oxygens (including phenoxy) is 1. The van der Waals surface area contributed by atoms with Crippen LogP contribution in [-0.2, 0) is 4.74 Å². The maximum absolute atomic E-state index is 11.1. The molecule has 0 radical (unpaired) electrons. The largest absolute Gasteiger partial charge is 0.460 e. The molecule has 1 aromatic rings. The molecule has 0 bridgehead atoms. The summed E-state index contributed by atoms with van der Waals surface area (Å²) < 4.78 is 10.4. The standard InChI is InChI=1S/C8H9BrO3/c1-3-11-8(10)7-5(2)4-6(9)12-7/h4H,3H2,1-2H3. The van der Waals surface area contributed by atoms with Crippen molar-refractivity contribution in [3.05, 3.63) is 22.1 Å². The second-order valence-electron chi connectivity index (χ2n) is 2.28. The molecular formula is C8H9BrO3. The molecule has 0 aliphatic heterocycles. The van der Waals surface area contributed by atoms with E-state index < -0.39 is 5.97 Å². The summed E-state index contributed by atoms with van der Waals surface area (Å²) in [5, 5.41) is 0. The van der Waals surface area contributed by atoms with Crippen LogP contribution in [0, 0.1) is 6.92 Å². The van der Waals surface area contributed by atoms with Crippen LogP contribution < -0.4 is 0 Å². The molecule has 12 heavy (non-hydrogen) atoms. The molecule has 0 spiro atoms. The summed E-state index contributed by atoms with van der Waals surface area (Å²) in [4.78, 5) is 11.1. The number of rotatable bonds is 2. The predicted molar refractivity (Wildman–Crippen MR) is 47.1 cm³/mol. The van der Waals surface area contributed by atoms with Gasteiger partial charge in [0.05, 0.1) is 6.61 Å². The van der Waals surface area contributed by atoms with Crippen LogP contribution in [0.3, 0.4) is 0 Å². The number of halogens is 1. The average Bonchev–Trinajstić information content (AvgIpc) is 2.30. The van der Waals surface area contributed by atoms with Crippen LogP contribution >= 0.6 is 15.9 Å². The molecule has 66 valence electrons. The zero-order valence-electron chi connectivity index (χ0n) is 6.89. The van der Waals surface area contributed by atoms with Gasteiger partial charge < -0.3 is 9.15 Å². The van der Waals surface area contributed by atoms with Gasteiger partial charge in [0.2, 0.25) is 5.76 Å². The summed E-state index contributed by atoms with van der Waals surface area (Å²) in [6.45, 7) is 3.91. The Labute approximate surface area is 78.8 Å². The maximum Gasteiger partial charge on any atom is 0.374 e. The molecule has 1 aromatic heterocycles. The van der Waals surface area contributed by atoms with E-state index in [0.29, 0.717) is 11.3 Å². The maximum atomic E-state index is 11.1. The first kappa shape index (κ1) is 9.32. The smallest absolute Gasteiger partial charge is 0.374 e. The molecule has 3 nitrogen and oxygen atoms in total. The third kappa shape index (κ3) is 1.88. The quantitative estimate of drug-likeness (QED) is 0.736. The molecule has 1 rings (SSSR count). The van der Waals surface area contributed by atoms with Gasteiger partial charge in [-0.15, -0.1) is 0 Å².